The number of hydrogen-bond donors (Lipinski definition) is 1. The van der Waals surface area contributed by atoms with Crippen LogP contribution >= 0.6 is 0 Å². The maximum absolute atomic E-state index is 12.1. The van der Waals surface area contributed by atoms with E-state index in [4.69, 9.17) is 4.74 Å². The molecule has 2 rings (SSSR count). The van der Waals surface area contributed by atoms with Crippen molar-refractivity contribution in [1.29, 1.82) is 0 Å². The second kappa shape index (κ2) is 5.47. The first-order chi connectivity index (χ1) is 8.72. The number of ether oxygens (including phenoxy) is 1. The van der Waals surface area contributed by atoms with E-state index in [1.54, 1.807) is 55.6 Å². The highest BCUT2D eigenvalue weighted by Gasteiger charge is 2.18. The molecule has 0 saturated heterocycles. The number of benzene rings is 2. The van der Waals surface area contributed by atoms with Crippen molar-refractivity contribution in [1.82, 2.24) is 0 Å². The quantitative estimate of drug-likeness (QED) is 0.838. The van der Waals surface area contributed by atoms with Gasteiger partial charge in [-0.1, -0.05) is 30.3 Å². The predicted octanol–water partition coefficient (Wildman–Crippen LogP) is 2.61. The molecule has 3 heteroatoms. The molecule has 1 unspecified atom stereocenters. The van der Waals surface area contributed by atoms with Gasteiger partial charge in [-0.3, -0.25) is 4.79 Å². The Bertz CT molecular complexity index is 517. The first-order valence-corrected chi connectivity index (χ1v) is 5.63. The van der Waals surface area contributed by atoms with Crippen LogP contribution in [0.3, 0.4) is 0 Å². The van der Waals surface area contributed by atoms with Crippen LogP contribution < -0.4 is 4.74 Å². The molecule has 3 nitrogen and oxygen atoms in total. The molecule has 1 atom stereocenters. The molecule has 0 radical (unpaired) electrons. The smallest absolute Gasteiger partial charge is 0.195 e. The van der Waals surface area contributed by atoms with Crippen LogP contribution in [0.15, 0.2) is 54.6 Å². The Balaban J connectivity index is 2.20. The van der Waals surface area contributed by atoms with E-state index in [1.165, 1.54) is 0 Å². The maximum atomic E-state index is 12.1. The summed E-state index contributed by atoms with van der Waals surface area (Å²) in [7, 11) is 1.57. The standard InChI is InChI=1S/C15H14O3/c1-18-13-9-7-12(8-10-13)15(17)14(16)11-5-3-2-4-6-11/h2-10,14,16H,1H3. The van der Waals surface area contributed by atoms with E-state index in [0.717, 1.165) is 0 Å². The Kier molecular flexibility index (Phi) is 3.75. The molecule has 0 aliphatic rings. The lowest BCUT2D eigenvalue weighted by Gasteiger charge is -2.10. The summed E-state index contributed by atoms with van der Waals surface area (Å²) in [6.45, 7) is 0. The van der Waals surface area contributed by atoms with Gasteiger partial charge in [-0.05, 0) is 29.8 Å². The average molecular weight is 242 g/mol. The molecular formula is C15H14O3. The van der Waals surface area contributed by atoms with E-state index in [-0.39, 0.29) is 5.78 Å². The molecule has 0 aromatic heterocycles. The molecule has 0 fully saturated rings. The monoisotopic (exact) mass is 242 g/mol. The van der Waals surface area contributed by atoms with E-state index in [1.807, 2.05) is 6.07 Å². The summed E-state index contributed by atoms with van der Waals surface area (Å²) in [5, 5.41) is 9.99. The zero-order valence-electron chi connectivity index (χ0n) is 10.0. The van der Waals surface area contributed by atoms with E-state index < -0.39 is 6.10 Å². The van der Waals surface area contributed by atoms with Crippen LogP contribution in [0.4, 0.5) is 0 Å². The number of carbonyl (C=O) groups is 1. The van der Waals surface area contributed by atoms with Crippen molar-refractivity contribution in [3.05, 3.63) is 65.7 Å². The maximum Gasteiger partial charge on any atom is 0.195 e. The largest absolute Gasteiger partial charge is 0.497 e. The highest BCUT2D eigenvalue weighted by molar-refractivity contribution is 5.99. The summed E-state index contributed by atoms with van der Waals surface area (Å²) in [5.41, 5.74) is 1.06. The second-order valence-electron chi connectivity index (χ2n) is 3.91. The van der Waals surface area contributed by atoms with Crippen molar-refractivity contribution >= 4 is 5.78 Å². The van der Waals surface area contributed by atoms with Crippen LogP contribution in [0, 0.1) is 0 Å². The van der Waals surface area contributed by atoms with Crippen molar-refractivity contribution < 1.29 is 14.6 Å². The Morgan fingerprint density at radius 2 is 1.67 bits per heavy atom. The molecule has 0 aliphatic carbocycles. The van der Waals surface area contributed by atoms with Gasteiger partial charge in [0.05, 0.1) is 7.11 Å². The van der Waals surface area contributed by atoms with Gasteiger partial charge in [-0.25, -0.2) is 0 Å². The van der Waals surface area contributed by atoms with Gasteiger partial charge in [-0.15, -0.1) is 0 Å². The Labute approximate surface area is 106 Å². The third-order valence-corrected chi connectivity index (χ3v) is 2.74. The summed E-state index contributed by atoms with van der Waals surface area (Å²) in [5.74, 6) is 0.365. The van der Waals surface area contributed by atoms with Gasteiger partial charge in [0.2, 0.25) is 0 Å². The molecule has 18 heavy (non-hydrogen) atoms. The summed E-state index contributed by atoms with van der Waals surface area (Å²) < 4.78 is 5.02. The highest BCUT2D eigenvalue weighted by atomic mass is 16.5. The molecule has 0 aliphatic heterocycles. The van der Waals surface area contributed by atoms with Gasteiger partial charge in [-0.2, -0.15) is 0 Å². The van der Waals surface area contributed by atoms with Gasteiger partial charge in [0.25, 0.3) is 0 Å². The van der Waals surface area contributed by atoms with E-state index in [2.05, 4.69) is 0 Å². The average Bonchev–Trinajstić information content (AvgIpc) is 2.47. The van der Waals surface area contributed by atoms with Gasteiger partial charge in [0.15, 0.2) is 5.78 Å². The van der Waals surface area contributed by atoms with Gasteiger partial charge < -0.3 is 9.84 Å². The lowest BCUT2D eigenvalue weighted by molar-refractivity contribution is 0.0747. The van der Waals surface area contributed by atoms with Gasteiger partial charge in [0.1, 0.15) is 11.9 Å². The summed E-state index contributed by atoms with van der Waals surface area (Å²) >= 11 is 0. The van der Waals surface area contributed by atoms with Crippen LogP contribution in [-0.2, 0) is 0 Å². The number of aliphatic hydroxyl groups excluding tert-OH is 1. The van der Waals surface area contributed by atoms with E-state index in [9.17, 15) is 9.90 Å². The topological polar surface area (TPSA) is 46.5 Å². The normalized spacial score (nSPS) is 11.9. The number of hydrogen-bond acceptors (Lipinski definition) is 3. The summed E-state index contributed by atoms with van der Waals surface area (Å²) in [6.07, 6.45) is -1.13. The Morgan fingerprint density at radius 3 is 2.22 bits per heavy atom. The molecule has 0 spiro atoms. The number of methoxy groups -OCH3 is 1. The van der Waals surface area contributed by atoms with Crippen molar-refractivity contribution in [3.63, 3.8) is 0 Å². The SMILES string of the molecule is COc1ccc(C(=O)C(O)c2ccccc2)cc1. The lowest BCUT2D eigenvalue weighted by atomic mass is 10.00. The van der Waals surface area contributed by atoms with E-state index in [0.29, 0.717) is 16.9 Å². The van der Waals surface area contributed by atoms with Crippen molar-refractivity contribution in [2.45, 2.75) is 6.10 Å². The highest BCUT2D eigenvalue weighted by Crippen LogP contribution is 2.20. The first kappa shape index (κ1) is 12.3. The zero-order chi connectivity index (χ0) is 13.0. The fourth-order valence-electron chi connectivity index (χ4n) is 1.70. The third-order valence-electron chi connectivity index (χ3n) is 2.74. The molecule has 0 amide bonds. The number of carbonyl (C=O) groups excluding carboxylic acids is 1. The number of Topliss-reactive ketones (excluding diaryl/α,β-unsaturated/α-hetero) is 1. The molecule has 1 N–H and O–H groups in total. The lowest BCUT2D eigenvalue weighted by Crippen LogP contribution is -2.12. The Hall–Kier alpha value is -2.13. The van der Waals surface area contributed by atoms with Crippen LogP contribution in [0.25, 0.3) is 0 Å². The zero-order valence-corrected chi connectivity index (χ0v) is 10.0. The van der Waals surface area contributed by atoms with Crippen molar-refractivity contribution in [2.75, 3.05) is 7.11 Å². The fraction of sp³-hybridized carbons (Fsp3) is 0.133. The molecule has 0 heterocycles. The van der Waals surface area contributed by atoms with Crippen molar-refractivity contribution in [2.24, 2.45) is 0 Å². The van der Waals surface area contributed by atoms with Crippen LogP contribution in [0.5, 0.6) is 5.75 Å². The minimum atomic E-state index is -1.13. The fourth-order valence-corrected chi connectivity index (χ4v) is 1.70. The number of ketones is 1. The van der Waals surface area contributed by atoms with Crippen LogP contribution in [0.2, 0.25) is 0 Å². The Morgan fingerprint density at radius 1 is 1.06 bits per heavy atom. The molecule has 0 bridgehead atoms. The van der Waals surface area contributed by atoms with Crippen LogP contribution in [0.1, 0.15) is 22.0 Å². The minimum Gasteiger partial charge on any atom is -0.497 e. The molecule has 2 aromatic carbocycles. The number of rotatable bonds is 4. The summed E-state index contributed by atoms with van der Waals surface area (Å²) in [4.78, 5) is 12.1. The molecular weight excluding hydrogens is 228 g/mol. The van der Waals surface area contributed by atoms with Gasteiger partial charge in [0, 0.05) is 5.56 Å². The number of aliphatic hydroxyl groups is 1. The third kappa shape index (κ3) is 2.57. The summed E-state index contributed by atoms with van der Waals surface area (Å²) in [6, 6.07) is 15.6. The minimum absolute atomic E-state index is 0.316. The van der Waals surface area contributed by atoms with Crippen molar-refractivity contribution in [3.8, 4) is 5.75 Å². The predicted molar refractivity (Wildman–Crippen MR) is 68.7 cm³/mol. The van der Waals surface area contributed by atoms with Gasteiger partial charge >= 0.3 is 0 Å². The second-order valence-corrected chi connectivity index (χ2v) is 3.91. The molecule has 92 valence electrons. The van der Waals surface area contributed by atoms with E-state index >= 15 is 0 Å². The molecule has 2 aromatic rings. The van der Waals surface area contributed by atoms with Crippen LogP contribution in [-0.4, -0.2) is 18.0 Å². The molecule has 0 saturated carbocycles. The first-order valence-electron chi connectivity index (χ1n) is 5.63.